The summed E-state index contributed by atoms with van der Waals surface area (Å²) >= 11 is 0. The zero-order valence-corrected chi connectivity index (χ0v) is 27.4. The van der Waals surface area contributed by atoms with E-state index in [1.807, 2.05) is 146 Å². The Balaban J connectivity index is 1.36. The molecule has 0 saturated heterocycles. The molecule has 0 aliphatic rings. The molecule has 0 aliphatic carbocycles. The van der Waals surface area contributed by atoms with E-state index in [0.717, 1.165) is 11.1 Å². The van der Waals surface area contributed by atoms with Gasteiger partial charge >= 0.3 is 0 Å². The highest BCUT2D eigenvalue weighted by Gasteiger charge is 2.35. The maximum Gasteiger partial charge on any atom is 0.140 e. The molecule has 0 aromatic heterocycles. The molecule has 6 nitrogen and oxygen atoms in total. The van der Waals surface area contributed by atoms with Crippen molar-refractivity contribution in [2.24, 2.45) is 0 Å². The number of aliphatic hydroxyl groups is 2. The third-order valence-electron chi connectivity index (χ3n) is 8.97. The van der Waals surface area contributed by atoms with Crippen LogP contribution in [0.4, 0.5) is 0 Å². The minimum absolute atomic E-state index is 0.709. The van der Waals surface area contributed by atoms with Crippen LogP contribution in [0.15, 0.2) is 146 Å². The van der Waals surface area contributed by atoms with Crippen molar-refractivity contribution >= 4 is 0 Å². The van der Waals surface area contributed by atoms with Crippen LogP contribution in [0.2, 0.25) is 0 Å². The van der Waals surface area contributed by atoms with Crippen molar-refractivity contribution in [1.29, 1.82) is 0 Å². The highest BCUT2D eigenvalue weighted by atomic mass is 16.5. The summed E-state index contributed by atoms with van der Waals surface area (Å²) in [5.41, 5.74) is 3.36. The molecule has 0 fully saturated rings. The molecule has 0 saturated carbocycles. The van der Waals surface area contributed by atoms with Gasteiger partial charge in [-0.15, -0.1) is 0 Å². The highest BCUT2D eigenvalue weighted by molar-refractivity contribution is 5.66. The Morgan fingerprint density at radius 1 is 0.292 bits per heavy atom. The average molecular weight is 639 g/mol. The Kier molecular flexibility index (Phi) is 9.21. The molecule has 0 bridgehead atoms. The summed E-state index contributed by atoms with van der Waals surface area (Å²) in [5, 5.41) is 24.8. The number of rotatable bonds is 11. The Hall–Kier alpha value is -5.56. The lowest BCUT2D eigenvalue weighted by Crippen LogP contribution is -2.29. The number of methoxy groups -OCH3 is 4. The van der Waals surface area contributed by atoms with Crippen LogP contribution in [-0.4, -0.2) is 38.7 Å². The molecular formula is C42H38O6. The standard InChI is InChI=1S/C42H38O6/c1-45-37-21-13-33(14-22-37)41(43,34-15-23-38(46-2)24-16-34)31-9-5-29(6-10-31)30-7-11-32(12-8-30)42(44,35-17-25-39(47-3)26-18-35)36-19-27-40(48-4)28-20-36/h5-28,43-44H,1-4H3. The van der Waals surface area contributed by atoms with Crippen molar-refractivity contribution < 1.29 is 29.2 Å². The topological polar surface area (TPSA) is 77.4 Å². The van der Waals surface area contributed by atoms with Crippen molar-refractivity contribution in [2.45, 2.75) is 11.2 Å². The molecule has 48 heavy (non-hydrogen) atoms. The van der Waals surface area contributed by atoms with Crippen molar-refractivity contribution in [3.8, 4) is 34.1 Å². The first-order chi connectivity index (χ1) is 23.3. The second-order valence-corrected chi connectivity index (χ2v) is 11.5. The molecule has 6 rings (SSSR count). The van der Waals surface area contributed by atoms with Gasteiger partial charge in [-0.05, 0) is 93.0 Å². The summed E-state index contributed by atoms with van der Waals surface area (Å²) in [6.07, 6.45) is 0. The van der Waals surface area contributed by atoms with Crippen molar-refractivity contribution in [3.05, 3.63) is 179 Å². The predicted octanol–water partition coefficient (Wildman–Crippen LogP) is 7.96. The van der Waals surface area contributed by atoms with Gasteiger partial charge in [0.1, 0.15) is 34.2 Å². The summed E-state index contributed by atoms with van der Waals surface area (Å²) in [6.45, 7) is 0. The van der Waals surface area contributed by atoms with E-state index >= 15 is 0 Å². The predicted molar refractivity (Wildman–Crippen MR) is 188 cm³/mol. The first-order valence-corrected chi connectivity index (χ1v) is 15.6. The van der Waals surface area contributed by atoms with Gasteiger partial charge in [-0.1, -0.05) is 97.1 Å². The van der Waals surface area contributed by atoms with E-state index in [4.69, 9.17) is 18.9 Å². The third-order valence-corrected chi connectivity index (χ3v) is 8.97. The molecule has 0 amide bonds. The van der Waals surface area contributed by atoms with Gasteiger partial charge in [-0.25, -0.2) is 0 Å². The fourth-order valence-corrected chi connectivity index (χ4v) is 6.14. The molecule has 0 aliphatic heterocycles. The van der Waals surface area contributed by atoms with E-state index < -0.39 is 11.2 Å². The zero-order chi connectivity index (χ0) is 33.7. The van der Waals surface area contributed by atoms with Gasteiger partial charge in [0.2, 0.25) is 0 Å². The summed E-state index contributed by atoms with van der Waals surface area (Å²) < 4.78 is 21.5. The average Bonchev–Trinajstić information content (AvgIpc) is 3.17. The highest BCUT2D eigenvalue weighted by Crippen LogP contribution is 2.41. The summed E-state index contributed by atoms with van der Waals surface area (Å²) in [4.78, 5) is 0. The van der Waals surface area contributed by atoms with Crippen LogP contribution in [0.3, 0.4) is 0 Å². The maximum absolute atomic E-state index is 12.4. The Labute approximate surface area is 281 Å². The summed E-state index contributed by atoms with van der Waals surface area (Å²) in [6, 6.07) is 45.6. The third kappa shape index (κ3) is 5.99. The van der Waals surface area contributed by atoms with Crippen LogP contribution in [0.5, 0.6) is 23.0 Å². The molecule has 0 heterocycles. The molecule has 2 N–H and O–H groups in total. The molecule has 0 atom stereocenters. The second-order valence-electron chi connectivity index (χ2n) is 11.5. The fraction of sp³-hybridized carbons (Fsp3) is 0.143. The van der Waals surface area contributed by atoms with Gasteiger partial charge in [0.25, 0.3) is 0 Å². The van der Waals surface area contributed by atoms with E-state index in [-0.39, 0.29) is 0 Å². The molecule has 0 spiro atoms. The number of ether oxygens (including phenoxy) is 4. The van der Waals surface area contributed by atoms with Crippen LogP contribution in [0.1, 0.15) is 33.4 Å². The minimum atomic E-state index is -1.42. The molecular weight excluding hydrogens is 600 g/mol. The van der Waals surface area contributed by atoms with E-state index in [0.29, 0.717) is 56.4 Å². The lowest BCUT2D eigenvalue weighted by Gasteiger charge is -2.31. The largest absolute Gasteiger partial charge is 0.497 e. The molecule has 6 aromatic carbocycles. The monoisotopic (exact) mass is 638 g/mol. The van der Waals surface area contributed by atoms with Gasteiger partial charge in [0.05, 0.1) is 28.4 Å². The maximum atomic E-state index is 12.4. The van der Waals surface area contributed by atoms with E-state index in [1.165, 1.54) is 0 Å². The van der Waals surface area contributed by atoms with E-state index in [2.05, 4.69) is 0 Å². The van der Waals surface area contributed by atoms with Crippen LogP contribution in [0.25, 0.3) is 11.1 Å². The molecule has 0 radical (unpaired) electrons. The molecule has 242 valence electrons. The summed E-state index contributed by atoms with van der Waals surface area (Å²) in [5.74, 6) is 2.84. The van der Waals surface area contributed by atoms with Crippen LogP contribution >= 0.6 is 0 Å². The second kappa shape index (κ2) is 13.7. The minimum Gasteiger partial charge on any atom is -0.497 e. The quantitative estimate of drug-likeness (QED) is 0.140. The fourth-order valence-electron chi connectivity index (χ4n) is 6.14. The molecule has 0 unspecified atom stereocenters. The van der Waals surface area contributed by atoms with Gasteiger partial charge in [0.15, 0.2) is 0 Å². The zero-order valence-electron chi connectivity index (χ0n) is 27.4. The Morgan fingerprint density at radius 3 is 0.625 bits per heavy atom. The number of benzene rings is 6. The summed E-state index contributed by atoms with van der Waals surface area (Å²) in [7, 11) is 6.48. The van der Waals surface area contributed by atoms with Gasteiger partial charge < -0.3 is 29.2 Å². The van der Waals surface area contributed by atoms with Crippen molar-refractivity contribution in [1.82, 2.24) is 0 Å². The molecule has 6 heteroatoms. The van der Waals surface area contributed by atoms with Crippen molar-refractivity contribution in [2.75, 3.05) is 28.4 Å². The van der Waals surface area contributed by atoms with Crippen molar-refractivity contribution in [3.63, 3.8) is 0 Å². The van der Waals surface area contributed by atoms with E-state index in [1.54, 1.807) is 28.4 Å². The number of hydrogen-bond donors (Lipinski definition) is 2. The Morgan fingerprint density at radius 2 is 0.458 bits per heavy atom. The Bertz CT molecular complexity index is 1690. The van der Waals surface area contributed by atoms with E-state index in [9.17, 15) is 10.2 Å². The lowest BCUT2D eigenvalue weighted by molar-refractivity contribution is 0.125. The van der Waals surface area contributed by atoms with Crippen LogP contribution in [-0.2, 0) is 11.2 Å². The SMILES string of the molecule is COc1ccc(C(O)(c2ccc(OC)cc2)c2ccc(-c3ccc(C(O)(c4ccc(OC)cc4)c4ccc(OC)cc4)cc3)cc2)cc1. The van der Waals surface area contributed by atoms with Gasteiger partial charge in [0, 0.05) is 0 Å². The van der Waals surface area contributed by atoms with Crippen LogP contribution in [0, 0.1) is 0 Å². The van der Waals surface area contributed by atoms with Gasteiger partial charge in [-0.2, -0.15) is 0 Å². The molecule has 6 aromatic rings. The van der Waals surface area contributed by atoms with Gasteiger partial charge in [-0.3, -0.25) is 0 Å². The first kappa shape index (κ1) is 32.4. The lowest BCUT2D eigenvalue weighted by atomic mass is 9.79. The smallest absolute Gasteiger partial charge is 0.140 e. The number of hydrogen-bond acceptors (Lipinski definition) is 6. The van der Waals surface area contributed by atoms with Crippen LogP contribution < -0.4 is 18.9 Å². The first-order valence-electron chi connectivity index (χ1n) is 15.6. The normalized spacial score (nSPS) is 11.5.